The molecule has 1 atom stereocenters. The number of carbonyl (C=O) groups is 2. The summed E-state index contributed by atoms with van der Waals surface area (Å²) in [5.74, 6) is -1.31. The summed E-state index contributed by atoms with van der Waals surface area (Å²) in [5, 5.41) is 12.0. The molecule has 1 fully saturated rings. The van der Waals surface area contributed by atoms with Gasteiger partial charge in [0, 0.05) is 6.20 Å². The van der Waals surface area contributed by atoms with Crippen LogP contribution >= 0.6 is 11.3 Å². The molecule has 0 radical (unpaired) electrons. The first-order valence-corrected chi connectivity index (χ1v) is 12.9. The first kappa shape index (κ1) is 23.9. The number of nitrogens with zero attached hydrogens (tertiary/aromatic N) is 4. The van der Waals surface area contributed by atoms with Gasteiger partial charge in [0.05, 0.1) is 34.6 Å². The van der Waals surface area contributed by atoms with Gasteiger partial charge in [0.2, 0.25) is 0 Å². The van der Waals surface area contributed by atoms with Crippen molar-refractivity contribution in [2.75, 3.05) is 12.0 Å². The van der Waals surface area contributed by atoms with Gasteiger partial charge in [-0.25, -0.2) is 9.97 Å². The largest absolute Gasteiger partial charge is 0.505 e. The van der Waals surface area contributed by atoms with Crippen molar-refractivity contribution in [3.63, 3.8) is 0 Å². The maximum Gasteiger partial charge on any atom is 0.301 e. The number of pyridine rings is 1. The molecule has 1 aliphatic heterocycles. The Morgan fingerprint density at radius 3 is 2.61 bits per heavy atom. The zero-order valence-electron chi connectivity index (χ0n) is 21.2. The Morgan fingerprint density at radius 2 is 1.84 bits per heavy atom. The van der Waals surface area contributed by atoms with E-state index in [4.69, 9.17) is 4.74 Å². The molecule has 4 heterocycles. The van der Waals surface area contributed by atoms with E-state index >= 15 is 0 Å². The summed E-state index contributed by atoms with van der Waals surface area (Å²) in [4.78, 5) is 37.9. The molecule has 6 rings (SSSR count). The fourth-order valence-corrected chi connectivity index (χ4v) is 6.04. The van der Waals surface area contributed by atoms with Gasteiger partial charge in [-0.05, 0) is 67.8 Å². The average molecular weight is 525 g/mol. The zero-order valence-corrected chi connectivity index (χ0v) is 22.0. The SMILES string of the molecule is COc1cccc(C2/C(=C(\O)c3nc4c(C)cccn4c3C)C(=O)C(=O)N2c2nc3ccc(C)cc3s2)c1. The Morgan fingerprint density at radius 1 is 1.03 bits per heavy atom. The van der Waals surface area contributed by atoms with Crippen LogP contribution in [0.25, 0.3) is 21.6 Å². The van der Waals surface area contributed by atoms with Crippen molar-refractivity contribution in [3.8, 4) is 5.75 Å². The lowest BCUT2D eigenvalue weighted by molar-refractivity contribution is -0.132. The first-order valence-electron chi connectivity index (χ1n) is 12.0. The number of hydrogen-bond acceptors (Lipinski definition) is 7. The zero-order chi connectivity index (χ0) is 26.7. The van der Waals surface area contributed by atoms with E-state index in [2.05, 4.69) is 9.97 Å². The third-order valence-electron chi connectivity index (χ3n) is 6.90. The van der Waals surface area contributed by atoms with Crippen molar-refractivity contribution >= 4 is 49.8 Å². The molecule has 0 saturated carbocycles. The van der Waals surface area contributed by atoms with Gasteiger partial charge >= 0.3 is 5.91 Å². The quantitative estimate of drug-likeness (QED) is 0.189. The van der Waals surface area contributed by atoms with Crippen molar-refractivity contribution < 1.29 is 19.4 Å². The summed E-state index contributed by atoms with van der Waals surface area (Å²) in [6.45, 7) is 5.73. The third kappa shape index (κ3) is 3.58. The van der Waals surface area contributed by atoms with Gasteiger partial charge in [0.1, 0.15) is 17.1 Å². The number of aliphatic hydroxyl groups is 1. The lowest BCUT2D eigenvalue weighted by Crippen LogP contribution is -2.29. The monoisotopic (exact) mass is 524 g/mol. The number of fused-ring (bicyclic) bond motifs is 2. The Hall–Kier alpha value is -4.50. The van der Waals surface area contributed by atoms with Gasteiger partial charge in [-0.1, -0.05) is 35.6 Å². The van der Waals surface area contributed by atoms with Crippen molar-refractivity contribution in [1.29, 1.82) is 0 Å². The third-order valence-corrected chi connectivity index (χ3v) is 7.92. The number of ketones is 1. The highest BCUT2D eigenvalue weighted by Crippen LogP contribution is 2.45. The van der Waals surface area contributed by atoms with E-state index in [0.717, 1.165) is 21.3 Å². The van der Waals surface area contributed by atoms with E-state index in [0.29, 0.717) is 27.8 Å². The molecule has 1 saturated heterocycles. The van der Waals surface area contributed by atoms with Gasteiger partial charge in [-0.3, -0.25) is 14.5 Å². The lowest BCUT2D eigenvalue weighted by Gasteiger charge is -2.23. The van der Waals surface area contributed by atoms with E-state index in [1.807, 2.05) is 61.7 Å². The minimum Gasteiger partial charge on any atom is -0.505 e. The van der Waals surface area contributed by atoms with Crippen LogP contribution < -0.4 is 9.64 Å². The van der Waals surface area contributed by atoms with Gasteiger partial charge in [-0.15, -0.1) is 0 Å². The molecule has 1 aliphatic rings. The molecule has 0 bridgehead atoms. The number of aromatic nitrogens is 3. The first-order chi connectivity index (χ1) is 18.3. The van der Waals surface area contributed by atoms with Crippen LogP contribution in [0.2, 0.25) is 0 Å². The highest BCUT2D eigenvalue weighted by molar-refractivity contribution is 7.22. The second kappa shape index (κ2) is 8.81. The van der Waals surface area contributed by atoms with E-state index in [9.17, 15) is 14.7 Å². The molecule has 1 unspecified atom stereocenters. The number of aryl methyl sites for hydroxylation is 3. The molecule has 8 nitrogen and oxygen atoms in total. The number of amides is 1. The molecule has 1 amide bonds. The second-order valence-corrected chi connectivity index (χ2v) is 10.4. The van der Waals surface area contributed by atoms with Crippen LogP contribution in [0, 0.1) is 20.8 Å². The van der Waals surface area contributed by atoms with Crippen LogP contribution in [0.5, 0.6) is 5.75 Å². The van der Waals surface area contributed by atoms with Gasteiger partial charge in [-0.2, -0.15) is 0 Å². The topological polar surface area (TPSA) is 97.0 Å². The number of imidazole rings is 1. The normalized spacial score (nSPS) is 17.2. The van der Waals surface area contributed by atoms with E-state index < -0.39 is 17.7 Å². The highest BCUT2D eigenvalue weighted by Gasteiger charge is 2.48. The number of methoxy groups -OCH3 is 1. The van der Waals surface area contributed by atoms with E-state index in [-0.39, 0.29) is 17.0 Å². The minimum atomic E-state index is -0.919. The summed E-state index contributed by atoms with van der Waals surface area (Å²) in [6, 6.07) is 15.9. The Labute approximate surface area is 222 Å². The van der Waals surface area contributed by atoms with Crippen LogP contribution in [0.15, 0.2) is 66.4 Å². The number of benzene rings is 2. The molecule has 2 aromatic carbocycles. The lowest BCUT2D eigenvalue weighted by atomic mass is 9.96. The van der Waals surface area contributed by atoms with E-state index in [1.54, 1.807) is 31.4 Å². The molecule has 0 aliphatic carbocycles. The smallest absolute Gasteiger partial charge is 0.301 e. The number of Topliss-reactive ketones (excluding diaryl/α,β-unsaturated/α-hetero) is 1. The van der Waals surface area contributed by atoms with Crippen LogP contribution in [0.1, 0.15) is 34.1 Å². The van der Waals surface area contributed by atoms with Gasteiger partial charge < -0.3 is 14.2 Å². The van der Waals surface area contributed by atoms with Crippen molar-refractivity contribution in [3.05, 3.63) is 94.4 Å². The van der Waals surface area contributed by atoms with Crippen molar-refractivity contribution in [1.82, 2.24) is 14.4 Å². The number of thiazole rings is 1. The Balaban J connectivity index is 1.61. The molecule has 5 aromatic rings. The number of rotatable bonds is 4. The fraction of sp³-hybridized carbons (Fsp3) is 0.172. The predicted octanol–water partition coefficient (Wildman–Crippen LogP) is 5.50. The fourth-order valence-electron chi connectivity index (χ4n) is 4.95. The predicted molar refractivity (Wildman–Crippen MR) is 147 cm³/mol. The summed E-state index contributed by atoms with van der Waals surface area (Å²) in [7, 11) is 1.55. The molecule has 0 spiro atoms. The van der Waals surface area contributed by atoms with Crippen LogP contribution in [-0.2, 0) is 9.59 Å². The number of hydrogen-bond donors (Lipinski definition) is 1. The number of anilines is 1. The molecule has 38 heavy (non-hydrogen) atoms. The molecule has 9 heteroatoms. The summed E-state index contributed by atoms with van der Waals surface area (Å²) >= 11 is 1.33. The van der Waals surface area contributed by atoms with Crippen molar-refractivity contribution in [2.24, 2.45) is 0 Å². The summed E-state index contributed by atoms with van der Waals surface area (Å²) in [6.07, 6.45) is 1.85. The highest BCUT2D eigenvalue weighted by atomic mass is 32.1. The number of carbonyl (C=O) groups excluding carboxylic acids is 2. The number of ether oxygens (including phenoxy) is 1. The Bertz CT molecular complexity index is 1820. The van der Waals surface area contributed by atoms with Crippen molar-refractivity contribution in [2.45, 2.75) is 26.8 Å². The standard InChI is InChI=1S/C29H24N4O4S/c1-15-10-11-20-21(13-15)38-29(30-20)33-24(18-8-5-9-19(14-18)37-4)22(26(35)28(33)36)25(34)23-17(3)32-12-6-7-16(2)27(32)31-23/h5-14,24,34H,1-4H3/b25-22+. The maximum atomic E-state index is 13.6. The molecular formula is C29H24N4O4S. The number of aliphatic hydroxyl groups excluding tert-OH is 1. The molecule has 3 aromatic heterocycles. The maximum absolute atomic E-state index is 13.6. The van der Waals surface area contributed by atoms with E-state index in [1.165, 1.54) is 16.2 Å². The summed E-state index contributed by atoms with van der Waals surface area (Å²) < 4.78 is 8.19. The van der Waals surface area contributed by atoms with Gasteiger partial charge in [0.25, 0.3) is 5.78 Å². The van der Waals surface area contributed by atoms with Crippen LogP contribution in [0.4, 0.5) is 5.13 Å². The van der Waals surface area contributed by atoms with Crippen LogP contribution in [0.3, 0.4) is 0 Å². The molecular weight excluding hydrogens is 500 g/mol. The Kier molecular flexibility index (Phi) is 5.53. The van der Waals surface area contributed by atoms with Crippen LogP contribution in [-0.4, -0.2) is 38.3 Å². The average Bonchev–Trinajstić information content (AvgIpc) is 3.56. The molecule has 190 valence electrons. The minimum absolute atomic E-state index is 0.0390. The van der Waals surface area contributed by atoms with Gasteiger partial charge in [0.15, 0.2) is 10.9 Å². The molecule has 1 N–H and O–H groups in total. The second-order valence-electron chi connectivity index (χ2n) is 9.34. The summed E-state index contributed by atoms with van der Waals surface area (Å²) in [5.41, 5.74) is 4.87.